The largest absolute Gasteiger partial charge is 0.353 e. The van der Waals surface area contributed by atoms with Crippen LogP contribution in [0.1, 0.15) is 36.3 Å². The molecule has 0 radical (unpaired) electrons. The maximum Gasteiger partial charge on any atom is 0.293 e. The SMILES string of the molecule is O=C(NC1CC1)C1CCN(C(=O)c2nc(-c3cccs3)n(-c3ccc(F)cc3)n2)CC1. The molecule has 0 spiro atoms. The van der Waals surface area contributed by atoms with Gasteiger partial charge in [0.1, 0.15) is 5.82 Å². The highest BCUT2D eigenvalue weighted by Crippen LogP contribution is 2.27. The van der Waals surface area contributed by atoms with E-state index in [9.17, 15) is 14.0 Å². The Kier molecular flexibility index (Phi) is 5.27. The molecule has 9 heteroatoms. The van der Waals surface area contributed by atoms with Crippen LogP contribution >= 0.6 is 11.3 Å². The number of thiophene rings is 1. The summed E-state index contributed by atoms with van der Waals surface area (Å²) >= 11 is 1.50. The number of nitrogens with one attached hydrogen (secondary N) is 1. The first-order valence-electron chi connectivity index (χ1n) is 10.4. The molecule has 0 atom stereocenters. The van der Waals surface area contributed by atoms with Gasteiger partial charge in [-0.1, -0.05) is 6.07 Å². The van der Waals surface area contributed by atoms with Crippen molar-refractivity contribution in [2.45, 2.75) is 31.7 Å². The Balaban J connectivity index is 1.35. The van der Waals surface area contributed by atoms with E-state index in [2.05, 4.69) is 15.4 Å². The maximum absolute atomic E-state index is 13.4. The molecule has 31 heavy (non-hydrogen) atoms. The van der Waals surface area contributed by atoms with Crippen molar-refractivity contribution in [1.29, 1.82) is 0 Å². The molecule has 1 saturated carbocycles. The Morgan fingerprint density at radius 1 is 1.06 bits per heavy atom. The van der Waals surface area contributed by atoms with E-state index >= 15 is 0 Å². The average Bonchev–Trinajstić information content (AvgIpc) is 3.26. The van der Waals surface area contributed by atoms with Gasteiger partial charge in [0.2, 0.25) is 11.7 Å². The minimum absolute atomic E-state index is 0.0453. The molecule has 2 aliphatic rings. The van der Waals surface area contributed by atoms with Crippen LogP contribution in [0, 0.1) is 11.7 Å². The summed E-state index contributed by atoms with van der Waals surface area (Å²) in [5.74, 6) is 0.118. The molecule has 1 aliphatic carbocycles. The number of nitrogens with zero attached hydrogens (tertiary/aromatic N) is 4. The van der Waals surface area contributed by atoms with Crippen molar-refractivity contribution in [3.05, 3.63) is 53.4 Å². The number of likely N-dealkylation sites (tertiary alicyclic amines) is 1. The second-order valence-electron chi connectivity index (χ2n) is 7.97. The number of hydrogen-bond donors (Lipinski definition) is 1. The molecule has 5 rings (SSSR count). The van der Waals surface area contributed by atoms with E-state index in [0.717, 1.165) is 17.7 Å². The highest BCUT2D eigenvalue weighted by atomic mass is 32.1. The van der Waals surface area contributed by atoms with Crippen molar-refractivity contribution < 1.29 is 14.0 Å². The van der Waals surface area contributed by atoms with Crippen LogP contribution in [0.25, 0.3) is 16.4 Å². The van der Waals surface area contributed by atoms with Crippen LogP contribution in [0.2, 0.25) is 0 Å². The molecular formula is C22H22FN5O2S. The van der Waals surface area contributed by atoms with E-state index in [1.165, 1.54) is 23.5 Å². The third-order valence-electron chi connectivity index (χ3n) is 5.69. The Bertz CT molecular complexity index is 1080. The minimum atomic E-state index is -0.341. The monoisotopic (exact) mass is 439 g/mol. The van der Waals surface area contributed by atoms with Crippen LogP contribution in [0.15, 0.2) is 41.8 Å². The van der Waals surface area contributed by atoms with Crippen LogP contribution in [0.4, 0.5) is 4.39 Å². The van der Waals surface area contributed by atoms with Gasteiger partial charge in [0.15, 0.2) is 5.82 Å². The fourth-order valence-electron chi connectivity index (χ4n) is 3.76. The number of aromatic nitrogens is 3. The number of piperidine rings is 1. The fraction of sp³-hybridized carbons (Fsp3) is 0.364. The number of amides is 2. The lowest BCUT2D eigenvalue weighted by Gasteiger charge is -2.30. The van der Waals surface area contributed by atoms with Crippen molar-refractivity contribution in [1.82, 2.24) is 25.0 Å². The van der Waals surface area contributed by atoms with E-state index in [0.29, 0.717) is 43.5 Å². The average molecular weight is 440 g/mol. The number of carbonyl (C=O) groups excluding carboxylic acids is 2. The summed E-state index contributed by atoms with van der Waals surface area (Å²) in [7, 11) is 0. The molecule has 160 valence electrons. The number of hydrogen-bond acceptors (Lipinski definition) is 5. The van der Waals surface area contributed by atoms with Gasteiger partial charge in [-0.05, 0) is 61.4 Å². The summed E-state index contributed by atoms with van der Waals surface area (Å²) in [4.78, 5) is 32.5. The van der Waals surface area contributed by atoms with Crippen molar-refractivity contribution in [2.24, 2.45) is 5.92 Å². The summed E-state index contributed by atoms with van der Waals surface area (Å²) < 4.78 is 15.0. The van der Waals surface area contributed by atoms with Gasteiger partial charge < -0.3 is 10.2 Å². The second kappa shape index (κ2) is 8.22. The van der Waals surface area contributed by atoms with Crippen molar-refractivity contribution in [3.8, 4) is 16.4 Å². The van der Waals surface area contributed by atoms with Crippen LogP contribution in [-0.2, 0) is 4.79 Å². The summed E-state index contributed by atoms with van der Waals surface area (Å²) in [5, 5.41) is 9.44. The van der Waals surface area contributed by atoms with E-state index in [1.807, 2.05) is 17.5 Å². The van der Waals surface area contributed by atoms with Gasteiger partial charge in [-0.25, -0.2) is 14.1 Å². The van der Waals surface area contributed by atoms with E-state index in [1.54, 1.807) is 21.7 Å². The lowest BCUT2D eigenvalue weighted by Crippen LogP contribution is -2.43. The first-order chi connectivity index (χ1) is 15.1. The molecule has 2 amide bonds. The molecule has 0 bridgehead atoms. The Morgan fingerprint density at radius 2 is 1.81 bits per heavy atom. The van der Waals surface area contributed by atoms with Crippen molar-refractivity contribution in [3.63, 3.8) is 0 Å². The molecule has 0 unspecified atom stereocenters. The third-order valence-corrected chi connectivity index (χ3v) is 6.55. The number of carbonyl (C=O) groups is 2. The predicted molar refractivity (Wildman–Crippen MR) is 114 cm³/mol. The topological polar surface area (TPSA) is 80.1 Å². The molecule has 2 fully saturated rings. The lowest BCUT2D eigenvalue weighted by atomic mass is 9.96. The van der Waals surface area contributed by atoms with Crippen molar-refractivity contribution in [2.75, 3.05) is 13.1 Å². The van der Waals surface area contributed by atoms with Gasteiger partial charge in [-0.2, -0.15) is 0 Å². The molecule has 7 nitrogen and oxygen atoms in total. The van der Waals surface area contributed by atoms with Gasteiger partial charge in [0, 0.05) is 25.0 Å². The van der Waals surface area contributed by atoms with Crippen LogP contribution in [0.3, 0.4) is 0 Å². The highest BCUT2D eigenvalue weighted by molar-refractivity contribution is 7.13. The fourth-order valence-corrected chi connectivity index (χ4v) is 4.46. The first-order valence-corrected chi connectivity index (χ1v) is 11.3. The predicted octanol–water partition coefficient (Wildman–Crippen LogP) is 3.27. The Hall–Kier alpha value is -3.07. The second-order valence-corrected chi connectivity index (χ2v) is 8.92. The number of benzene rings is 1. The highest BCUT2D eigenvalue weighted by Gasteiger charge is 2.32. The van der Waals surface area contributed by atoms with Gasteiger partial charge >= 0.3 is 0 Å². The smallest absolute Gasteiger partial charge is 0.293 e. The summed E-state index contributed by atoms with van der Waals surface area (Å²) in [6.45, 7) is 1.00. The maximum atomic E-state index is 13.4. The Labute approximate surface area is 182 Å². The lowest BCUT2D eigenvalue weighted by molar-refractivity contribution is -0.126. The zero-order chi connectivity index (χ0) is 21.4. The molecule has 1 aliphatic heterocycles. The van der Waals surface area contributed by atoms with E-state index in [4.69, 9.17) is 0 Å². The van der Waals surface area contributed by atoms with Crippen LogP contribution in [0.5, 0.6) is 0 Å². The standard InChI is InChI=1S/C22H22FN5O2S/c23-15-3-7-17(8-4-15)28-20(18-2-1-13-31-18)25-19(26-28)22(30)27-11-9-14(10-12-27)21(29)24-16-5-6-16/h1-4,7-8,13-14,16H,5-6,9-12H2,(H,24,29). The molecular weight excluding hydrogens is 417 g/mol. The molecule has 1 N–H and O–H groups in total. The van der Waals surface area contributed by atoms with Gasteiger partial charge in [-0.3, -0.25) is 9.59 Å². The number of halogens is 1. The van der Waals surface area contributed by atoms with E-state index < -0.39 is 0 Å². The van der Waals surface area contributed by atoms with Gasteiger partial charge in [0.05, 0.1) is 10.6 Å². The summed E-state index contributed by atoms with van der Waals surface area (Å²) in [6, 6.07) is 10.1. The zero-order valence-electron chi connectivity index (χ0n) is 16.8. The molecule has 1 saturated heterocycles. The minimum Gasteiger partial charge on any atom is -0.353 e. The van der Waals surface area contributed by atoms with Gasteiger partial charge in [-0.15, -0.1) is 16.4 Å². The summed E-state index contributed by atoms with van der Waals surface area (Å²) in [5.41, 5.74) is 0.631. The number of rotatable bonds is 5. The van der Waals surface area contributed by atoms with Crippen LogP contribution < -0.4 is 5.32 Å². The summed E-state index contributed by atoms with van der Waals surface area (Å²) in [6.07, 6.45) is 3.41. The molecule has 3 heterocycles. The van der Waals surface area contributed by atoms with E-state index in [-0.39, 0.29) is 29.4 Å². The molecule has 3 aromatic rings. The first kappa shape index (κ1) is 19.9. The third kappa shape index (κ3) is 4.23. The quantitative estimate of drug-likeness (QED) is 0.662. The molecule has 2 aromatic heterocycles. The van der Waals surface area contributed by atoms with Crippen molar-refractivity contribution >= 4 is 23.2 Å². The van der Waals surface area contributed by atoms with Crippen LogP contribution in [-0.4, -0.2) is 50.6 Å². The Morgan fingerprint density at radius 3 is 2.45 bits per heavy atom. The zero-order valence-corrected chi connectivity index (χ0v) is 17.6. The van der Waals surface area contributed by atoms with Gasteiger partial charge in [0.25, 0.3) is 5.91 Å². The normalized spacial score (nSPS) is 17.0. The molecule has 1 aromatic carbocycles.